The van der Waals surface area contributed by atoms with E-state index in [0.29, 0.717) is 0 Å². The van der Waals surface area contributed by atoms with Gasteiger partial charge in [0.05, 0.1) is 23.8 Å². The van der Waals surface area contributed by atoms with Crippen LogP contribution in [0.2, 0.25) is 0 Å². The third-order valence-electron chi connectivity index (χ3n) is 5.39. The average Bonchev–Trinajstić information content (AvgIpc) is 3.25. The van der Waals surface area contributed by atoms with Gasteiger partial charge in [-0.3, -0.25) is 9.69 Å². The van der Waals surface area contributed by atoms with Crippen molar-refractivity contribution in [2.24, 2.45) is 11.8 Å². The Balaban J connectivity index is 1.37. The van der Waals surface area contributed by atoms with Crippen molar-refractivity contribution in [3.05, 3.63) is 17.0 Å². The molecule has 23 heavy (non-hydrogen) atoms. The Morgan fingerprint density at radius 3 is 2.87 bits per heavy atom. The molecule has 3 unspecified atom stereocenters. The Kier molecular flexibility index (Phi) is 3.89. The zero-order valence-electron chi connectivity index (χ0n) is 13.9. The first-order valence-corrected chi connectivity index (χ1v) is 8.67. The molecular weight excluding hydrogens is 294 g/mol. The van der Waals surface area contributed by atoms with Crippen LogP contribution in [-0.4, -0.2) is 47.8 Å². The van der Waals surface area contributed by atoms with E-state index in [-0.39, 0.29) is 24.0 Å². The summed E-state index contributed by atoms with van der Waals surface area (Å²) in [6, 6.07) is 0. The second-order valence-corrected chi connectivity index (χ2v) is 7.32. The molecule has 3 fully saturated rings. The fourth-order valence-corrected chi connectivity index (χ4v) is 3.79. The van der Waals surface area contributed by atoms with Crippen molar-refractivity contribution in [3.8, 4) is 0 Å². The number of likely N-dealkylation sites (tertiary alicyclic amines) is 1. The van der Waals surface area contributed by atoms with Gasteiger partial charge in [-0.05, 0) is 39.0 Å². The lowest BCUT2D eigenvalue weighted by molar-refractivity contribution is -0.128. The molecule has 2 saturated heterocycles. The molecule has 3 atom stereocenters. The summed E-state index contributed by atoms with van der Waals surface area (Å²) in [5.41, 5.74) is 2.13. The number of aromatic nitrogens is 1. The number of hydrogen-bond acceptors (Lipinski definition) is 5. The van der Waals surface area contributed by atoms with E-state index in [9.17, 15) is 4.79 Å². The minimum Gasteiger partial charge on any atom is -0.371 e. The monoisotopic (exact) mass is 319 g/mol. The third-order valence-corrected chi connectivity index (χ3v) is 5.39. The molecule has 126 valence electrons. The zero-order valence-corrected chi connectivity index (χ0v) is 13.9. The first-order valence-electron chi connectivity index (χ1n) is 8.67. The molecule has 0 radical (unpaired) electrons. The predicted molar refractivity (Wildman–Crippen MR) is 83.8 cm³/mol. The van der Waals surface area contributed by atoms with Crippen LogP contribution in [-0.2, 0) is 16.1 Å². The van der Waals surface area contributed by atoms with Crippen molar-refractivity contribution in [2.45, 2.75) is 51.9 Å². The van der Waals surface area contributed by atoms with Gasteiger partial charge in [0.2, 0.25) is 5.91 Å². The van der Waals surface area contributed by atoms with Crippen molar-refractivity contribution < 1.29 is 14.1 Å². The van der Waals surface area contributed by atoms with Crippen LogP contribution < -0.4 is 5.32 Å². The van der Waals surface area contributed by atoms with Crippen LogP contribution in [0.1, 0.15) is 36.3 Å². The summed E-state index contributed by atoms with van der Waals surface area (Å²) in [5.74, 6) is 1.80. The number of aryl methyl sites for hydroxylation is 2. The lowest BCUT2D eigenvalue weighted by atomic mass is 9.99. The van der Waals surface area contributed by atoms with Crippen molar-refractivity contribution >= 4 is 5.91 Å². The highest BCUT2D eigenvalue weighted by atomic mass is 16.5. The van der Waals surface area contributed by atoms with Crippen LogP contribution in [0.3, 0.4) is 0 Å². The minimum atomic E-state index is 0.00780. The Morgan fingerprint density at radius 1 is 1.35 bits per heavy atom. The van der Waals surface area contributed by atoms with Crippen LogP contribution in [0.25, 0.3) is 0 Å². The number of carbonyl (C=O) groups excluding carboxylic acids is 1. The third kappa shape index (κ3) is 3.15. The van der Waals surface area contributed by atoms with E-state index in [4.69, 9.17) is 9.26 Å². The van der Waals surface area contributed by atoms with E-state index in [0.717, 1.165) is 50.0 Å². The lowest BCUT2D eigenvalue weighted by Gasteiger charge is -2.32. The maximum Gasteiger partial charge on any atom is 0.225 e. The van der Waals surface area contributed by atoms with Gasteiger partial charge in [0, 0.05) is 31.7 Å². The van der Waals surface area contributed by atoms with Gasteiger partial charge in [-0.1, -0.05) is 5.16 Å². The van der Waals surface area contributed by atoms with Crippen molar-refractivity contribution in [3.63, 3.8) is 0 Å². The summed E-state index contributed by atoms with van der Waals surface area (Å²) in [6.07, 6.45) is 3.57. The van der Waals surface area contributed by atoms with Crippen LogP contribution in [0.5, 0.6) is 0 Å². The number of amides is 1. The van der Waals surface area contributed by atoms with Crippen LogP contribution in [0.4, 0.5) is 0 Å². The number of fused-ring (bicyclic) bond motifs is 2. The van der Waals surface area contributed by atoms with E-state index in [1.54, 1.807) is 0 Å². The quantitative estimate of drug-likeness (QED) is 0.889. The first-order chi connectivity index (χ1) is 11.1. The van der Waals surface area contributed by atoms with Crippen LogP contribution >= 0.6 is 0 Å². The fourth-order valence-electron chi connectivity index (χ4n) is 3.79. The van der Waals surface area contributed by atoms with Crippen molar-refractivity contribution in [2.75, 3.05) is 19.6 Å². The van der Waals surface area contributed by atoms with E-state index in [1.165, 1.54) is 18.4 Å². The number of carbonyl (C=O) groups is 1. The lowest BCUT2D eigenvalue weighted by Crippen LogP contribution is -2.45. The highest BCUT2D eigenvalue weighted by Gasteiger charge is 2.44. The molecule has 3 aliphatic rings. The second kappa shape index (κ2) is 5.91. The Bertz CT molecular complexity index is 576. The molecule has 0 spiro atoms. The standard InChI is InChI=1S/C17H25N3O3/c1-10-15(11(2)23-19-10)8-20-7-13-5-14(16(9-20)22-13)17(21)18-6-12-3-4-12/h12-14,16H,3-9H2,1-2H3,(H,18,21). The van der Waals surface area contributed by atoms with Crippen molar-refractivity contribution in [1.82, 2.24) is 15.4 Å². The molecule has 1 aromatic rings. The van der Waals surface area contributed by atoms with Gasteiger partial charge in [-0.15, -0.1) is 0 Å². The number of morpholine rings is 1. The zero-order chi connectivity index (χ0) is 16.0. The van der Waals surface area contributed by atoms with Crippen LogP contribution in [0, 0.1) is 25.7 Å². The van der Waals surface area contributed by atoms with Crippen LogP contribution in [0.15, 0.2) is 4.52 Å². The van der Waals surface area contributed by atoms with Gasteiger partial charge in [0.25, 0.3) is 0 Å². The number of rotatable bonds is 5. The second-order valence-electron chi connectivity index (χ2n) is 7.32. The van der Waals surface area contributed by atoms with E-state index < -0.39 is 0 Å². The molecule has 1 aromatic heterocycles. The highest BCUT2D eigenvalue weighted by molar-refractivity contribution is 5.79. The number of hydrogen-bond donors (Lipinski definition) is 1. The van der Waals surface area contributed by atoms with E-state index in [2.05, 4.69) is 15.4 Å². The maximum absolute atomic E-state index is 12.4. The predicted octanol–water partition coefficient (Wildman–Crippen LogP) is 1.41. The Hall–Kier alpha value is -1.40. The number of nitrogens with zero attached hydrogens (tertiary/aromatic N) is 2. The van der Waals surface area contributed by atoms with Gasteiger partial charge in [0.1, 0.15) is 5.76 Å². The molecule has 1 N–H and O–H groups in total. The van der Waals surface area contributed by atoms with Gasteiger partial charge in [-0.2, -0.15) is 0 Å². The normalized spacial score (nSPS) is 30.6. The smallest absolute Gasteiger partial charge is 0.225 e. The molecule has 4 rings (SSSR count). The molecule has 0 aromatic carbocycles. The minimum absolute atomic E-state index is 0.00780. The topological polar surface area (TPSA) is 67.6 Å². The largest absolute Gasteiger partial charge is 0.371 e. The Morgan fingerprint density at radius 2 is 2.17 bits per heavy atom. The Labute approximate surface area is 136 Å². The van der Waals surface area contributed by atoms with E-state index in [1.807, 2.05) is 13.8 Å². The molecule has 2 aliphatic heterocycles. The molecule has 1 amide bonds. The average molecular weight is 319 g/mol. The van der Waals surface area contributed by atoms with Crippen molar-refractivity contribution in [1.29, 1.82) is 0 Å². The summed E-state index contributed by atoms with van der Waals surface area (Å²) in [4.78, 5) is 14.8. The SMILES string of the molecule is Cc1noc(C)c1CN1CC2CC(C(=O)NCC3CC3)C(C1)O2. The molecule has 1 aliphatic carbocycles. The molecule has 1 saturated carbocycles. The summed E-state index contributed by atoms with van der Waals surface area (Å²) in [5, 5.41) is 7.14. The fraction of sp³-hybridized carbons (Fsp3) is 0.765. The summed E-state index contributed by atoms with van der Waals surface area (Å²) in [7, 11) is 0. The van der Waals surface area contributed by atoms with Gasteiger partial charge >= 0.3 is 0 Å². The highest BCUT2D eigenvalue weighted by Crippen LogP contribution is 2.34. The summed E-state index contributed by atoms with van der Waals surface area (Å²) >= 11 is 0. The maximum atomic E-state index is 12.4. The first kappa shape index (κ1) is 15.1. The van der Waals surface area contributed by atoms with E-state index >= 15 is 0 Å². The molecule has 3 heterocycles. The van der Waals surface area contributed by atoms with Gasteiger partial charge < -0.3 is 14.6 Å². The summed E-state index contributed by atoms with van der Waals surface area (Å²) in [6.45, 7) is 7.30. The molecule has 2 bridgehead atoms. The molecular formula is C17H25N3O3. The molecule has 6 nitrogen and oxygen atoms in total. The summed E-state index contributed by atoms with van der Waals surface area (Å²) < 4.78 is 11.3. The molecule has 6 heteroatoms. The van der Waals surface area contributed by atoms with Gasteiger partial charge in [0.15, 0.2) is 0 Å². The number of nitrogens with one attached hydrogen (secondary N) is 1. The van der Waals surface area contributed by atoms with Gasteiger partial charge in [-0.25, -0.2) is 0 Å². The number of ether oxygens (including phenoxy) is 1.